The van der Waals surface area contributed by atoms with E-state index in [1.54, 1.807) is 7.11 Å². The number of rotatable bonds is 4. The van der Waals surface area contributed by atoms with E-state index in [1.807, 2.05) is 37.3 Å². The molecule has 0 amide bonds. The molecule has 94 valence electrons. The number of methoxy groups -OCH3 is 1. The minimum absolute atomic E-state index is 0.600. The average Bonchev–Trinajstić information content (AvgIpc) is 2.46. The molecule has 5 nitrogen and oxygen atoms in total. The van der Waals surface area contributed by atoms with Gasteiger partial charge in [-0.3, -0.25) is 0 Å². The number of nitrogens with two attached hydrogens (primary N) is 1. The van der Waals surface area contributed by atoms with Crippen molar-refractivity contribution < 1.29 is 4.74 Å². The summed E-state index contributed by atoms with van der Waals surface area (Å²) in [4.78, 5) is 8.84. The Morgan fingerprint density at radius 3 is 2.72 bits per heavy atom. The highest BCUT2D eigenvalue weighted by molar-refractivity contribution is 5.65. The van der Waals surface area contributed by atoms with Crippen LogP contribution in [0.4, 0.5) is 5.82 Å². The van der Waals surface area contributed by atoms with Crippen molar-refractivity contribution in [1.29, 1.82) is 0 Å². The van der Waals surface area contributed by atoms with Gasteiger partial charge in [-0.15, -0.1) is 0 Å². The number of nitrogens with zero attached hydrogens (tertiary/aromatic N) is 2. The van der Waals surface area contributed by atoms with Gasteiger partial charge in [0, 0.05) is 11.8 Å². The lowest BCUT2D eigenvalue weighted by Crippen LogP contribution is -2.10. The fraction of sp³-hybridized carbons (Fsp3) is 0.231. The van der Waals surface area contributed by atoms with Crippen LogP contribution in [-0.4, -0.2) is 17.1 Å². The van der Waals surface area contributed by atoms with Gasteiger partial charge in [0.1, 0.15) is 11.6 Å². The molecule has 0 unspecified atom stereocenters. The minimum Gasteiger partial charge on any atom is -0.496 e. The summed E-state index contributed by atoms with van der Waals surface area (Å²) >= 11 is 0. The molecule has 1 aromatic carbocycles. The SMILES string of the molecule is CCc1cc(NN)nc(-c2ccccc2OC)n1. The Hall–Kier alpha value is -2.14. The quantitative estimate of drug-likeness (QED) is 0.635. The molecule has 5 heteroatoms. The molecule has 1 aromatic heterocycles. The van der Waals surface area contributed by atoms with Crippen molar-refractivity contribution in [2.45, 2.75) is 13.3 Å². The maximum absolute atomic E-state index is 5.42. The highest BCUT2D eigenvalue weighted by Crippen LogP contribution is 2.27. The molecule has 0 atom stereocenters. The fourth-order valence-electron chi connectivity index (χ4n) is 1.70. The predicted octanol–water partition coefficient (Wildman–Crippen LogP) is 2.00. The van der Waals surface area contributed by atoms with Gasteiger partial charge < -0.3 is 10.2 Å². The smallest absolute Gasteiger partial charge is 0.165 e. The van der Waals surface area contributed by atoms with Gasteiger partial charge in [0.25, 0.3) is 0 Å². The topological polar surface area (TPSA) is 73.1 Å². The first kappa shape index (κ1) is 12.3. The van der Waals surface area contributed by atoms with E-state index in [0.717, 1.165) is 23.4 Å². The van der Waals surface area contributed by atoms with Crippen LogP contribution in [0.1, 0.15) is 12.6 Å². The number of anilines is 1. The third kappa shape index (κ3) is 2.41. The molecule has 0 bridgehead atoms. The zero-order valence-corrected chi connectivity index (χ0v) is 10.5. The number of benzene rings is 1. The van der Waals surface area contributed by atoms with Gasteiger partial charge in [-0.05, 0) is 18.6 Å². The zero-order valence-electron chi connectivity index (χ0n) is 10.5. The number of hydrogen-bond acceptors (Lipinski definition) is 5. The molecular formula is C13H16N4O. The van der Waals surface area contributed by atoms with Crippen LogP contribution in [0.15, 0.2) is 30.3 Å². The second-order valence-corrected chi connectivity index (χ2v) is 3.77. The third-order valence-corrected chi connectivity index (χ3v) is 2.64. The van der Waals surface area contributed by atoms with Crippen LogP contribution in [-0.2, 0) is 6.42 Å². The van der Waals surface area contributed by atoms with Gasteiger partial charge in [0.2, 0.25) is 0 Å². The summed E-state index contributed by atoms with van der Waals surface area (Å²) < 4.78 is 5.32. The van der Waals surface area contributed by atoms with Gasteiger partial charge in [-0.25, -0.2) is 15.8 Å². The Bertz CT molecular complexity index is 520. The second-order valence-electron chi connectivity index (χ2n) is 3.77. The summed E-state index contributed by atoms with van der Waals surface area (Å²) in [5.41, 5.74) is 4.34. The Kier molecular flexibility index (Phi) is 3.74. The molecule has 0 saturated carbocycles. The van der Waals surface area contributed by atoms with E-state index in [-0.39, 0.29) is 0 Å². The fourth-order valence-corrected chi connectivity index (χ4v) is 1.70. The highest BCUT2D eigenvalue weighted by atomic mass is 16.5. The van der Waals surface area contributed by atoms with E-state index < -0.39 is 0 Å². The van der Waals surface area contributed by atoms with E-state index in [0.29, 0.717) is 11.6 Å². The number of aryl methyl sites for hydroxylation is 1. The number of hydrazine groups is 1. The molecule has 0 fully saturated rings. The molecule has 0 aliphatic carbocycles. The molecular weight excluding hydrogens is 228 g/mol. The van der Waals surface area contributed by atoms with Crippen molar-refractivity contribution in [3.05, 3.63) is 36.0 Å². The van der Waals surface area contributed by atoms with Gasteiger partial charge in [0.15, 0.2) is 5.82 Å². The van der Waals surface area contributed by atoms with Crippen molar-refractivity contribution >= 4 is 5.82 Å². The molecule has 1 heterocycles. The molecule has 18 heavy (non-hydrogen) atoms. The van der Waals surface area contributed by atoms with E-state index in [1.165, 1.54) is 0 Å². The lowest BCUT2D eigenvalue weighted by molar-refractivity contribution is 0.416. The van der Waals surface area contributed by atoms with E-state index in [4.69, 9.17) is 10.6 Å². The normalized spacial score (nSPS) is 10.2. The lowest BCUT2D eigenvalue weighted by Gasteiger charge is -2.09. The second kappa shape index (κ2) is 5.46. The summed E-state index contributed by atoms with van der Waals surface area (Å²) in [6.45, 7) is 2.04. The first-order valence-electron chi connectivity index (χ1n) is 5.76. The predicted molar refractivity (Wildman–Crippen MR) is 71.2 cm³/mol. The van der Waals surface area contributed by atoms with Crippen molar-refractivity contribution in [3.63, 3.8) is 0 Å². The summed E-state index contributed by atoms with van der Waals surface area (Å²) in [5.74, 6) is 7.37. The van der Waals surface area contributed by atoms with Crippen LogP contribution >= 0.6 is 0 Å². The Morgan fingerprint density at radius 2 is 2.06 bits per heavy atom. The largest absolute Gasteiger partial charge is 0.496 e. The van der Waals surface area contributed by atoms with Crippen LogP contribution in [0.3, 0.4) is 0 Å². The highest BCUT2D eigenvalue weighted by Gasteiger charge is 2.10. The summed E-state index contributed by atoms with van der Waals surface area (Å²) in [7, 11) is 1.63. The number of para-hydroxylation sites is 1. The number of nitrogen functional groups attached to an aromatic ring is 1. The van der Waals surface area contributed by atoms with Gasteiger partial charge in [-0.2, -0.15) is 0 Å². The summed E-state index contributed by atoms with van der Waals surface area (Å²) in [6.07, 6.45) is 0.819. The van der Waals surface area contributed by atoms with Crippen LogP contribution < -0.4 is 16.0 Å². The summed E-state index contributed by atoms with van der Waals surface area (Å²) in [5, 5.41) is 0. The molecule has 0 aliphatic rings. The van der Waals surface area contributed by atoms with Crippen molar-refractivity contribution in [3.8, 4) is 17.1 Å². The van der Waals surface area contributed by atoms with Crippen LogP contribution in [0, 0.1) is 0 Å². The van der Waals surface area contributed by atoms with Crippen LogP contribution in [0.25, 0.3) is 11.4 Å². The molecule has 0 saturated heterocycles. The van der Waals surface area contributed by atoms with Crippen molar-refractivity contribution in [1.82, 2.24) is 9.97 Å². The van der Waals surface area contributed by atoms with E-state index in [2.05, 4.69) is 15.4 Å². The molecule has 0 radical (unpaired) electrons. The van der Waals surface area contributed by atoms with Gasteiger partial charge in [0.05, 0.1) is 12.7 Å². The minimum atomic E-state index is 0.600. The maximum atomic E-state index is 5.42. The Labute approximate surface area is 106 Å². The zero-order chi connectivity index (χ0) is 13.0. The first-order chi connectivity index (χ1) is 8.78. The molecule has 0 aliphatic heterocycles. The lowest BCUT2D eigenvalue weighted by atomic mass is 10.2. The number of aromatic nitrogens is 2. The average molecular weight is 244 g/mol. The number of nitrogens with one attached hydrogen (secondary N) is 1. The molecule has 2 rings (SSSR count). The van der Waals surface area contributed by atoms with Gasteiger partial charge in [-0.1, -0.05) is 19.1 Å². The molecule has 2 aromatic rings. The number of ether oxygens (including phenoxy) is 1. The Balaban J connectivity index is 2.55. The monoisotopic (exact) mass is 244 g/mol. The van der Waals surface area contributed by atoms with E-state index in [9.17, 15) is 0 Å². The van der Waals surface area contributed by atoms with E-state index >= 15 is 0 Å². The van der Waals surface area contributed by atoms with Crippen molar-refractivity contribution in [2.75, 3.05) is 12.5 Å². The van der Waals surface area contributed by atoms with Crippen LogP contribution in [0.5, 0.6) is 5.75 Å². The standard InChI is InChI=1S/C13H16N4O/c1-3-9-8-12(17-14)16-13(15-9)10-6-4-5-7-11(10)18-2/h4-8H,3,14H2,1-2H3,(H,15,16,17). The third-order valence-electron chi connectivity index (χ3n) is 2.64. The number of hydrogen-bond donors (Lipinski definition) is 2. The van der Waals surface area contributed by atoms with Crippen molar-refractivity contribution in [2.24, 2.45) is 5.84 Å². The van der Waals surface area contributed by atoms with Crippen LogP contribution in [0.2, 0.25) is 0 Å². The molecule has 3 N–H and O–H groups in total. The first-order valence-corrected chi connectivity index (χ1v) is 5.76. The maximum Gasteiger partial charge on any atom is 0.165 e. The van der Waals surface area contributed by atoms with Gasteiger partial charge >= 0.3 is 0 Å². The Morgan fingerprint density at radius 1 is 1.28 bits per heavy atom. The summed E-state index contributed by atoms with van der Waals surface area (Å²) in [6, 6.07) is 9.48. The molecule has 0 spiro atoms.